The lowest BCUT2D eigenvalue weighted by molar-refractivity contribution is -0.118. The molecular weight excluding hydrogens is 466 g/mol. The van der Waals surface area contributed by atoms with Crippen molar-refractivity contribution in [1.29, 1.82) is 0 Å². The predicted octanol–water partition coefficient (Wildman–Crippen LogP) is 5.56. The van der Waals surface area contributed by atoms with E-state index in [1.54, 1.807) is 18.2 Å². The van der Waals surface area contributed by atoms with Crippen LogP contribution in [0.25, 0.3) is 22.1 Å². The van der Waals surface area contributed by atoms with E-state index in [1.165, 1.54) is 24.5 Å². The second kappa shape index (κ2) is 9.76. The van der Waals surface area contributed by atoms with Crippen LogP contribution in [-0.2, 0) is 9.53 Å². The minimum absolute atomic E-state index is 0.294. The Bertz CT molecular complexity index is 1510. The summed E-state index contributed by atoms with van der Waals surface area (Å²) in [6.45, 7) is 7.46. The number of esters is 1. The fraction of sp³-hybridized carbons (Fsp3) is 0.222. The second-order valence-electron chi connectivity index (χ2n) is 8.27. The molecule has 35 heavy (non-hydrogen) atoms. The van der Waals surface area contributed by atoms with Crippen LogP contribution in [0.1, 0.15) is 31.9 Å². The Morgan fingerprint density at radius 2 is 1.74 bits per heavy atom. The van der Waals surface area contributed by atoms with Crippen LogP contribution in [0, 0.1) is 27.7 Å². The van der Waals surface area contributed by atoms with Gasteiger partial charge >= 0.3 is 11.6 Å². The first-order valence-corrected chi connectivity index (χ1v) is 11.8. The highest BCUT2D eigenvalue weighted by Gasteiger charge is 2.25. The highest BCUT2D eigenvalue weighted by Crippen LogP contribution is 2.40. The maximum absolute atomic E-state index is 12.7. The number of hydrogen-bond acceptors (Lipinski definition) is 7. The van der Waals surface area contributed by atoms with Gasteiger partial charge in [0.25, 0.3) is 5.91 Å². The SMILES string of the molecule is COC(=O)c1c(NC(=O)COc2ccc3c(C)cc(=O)oc3c2)sc(C)c1-c1ccc(C)c(C)c1. The zero-order valence-electron chi connectivity index (χ0n) is 20.1. The molecule has 0 radical (unpaired) electrons. The monoisotopic (exact) mass is 491 g/mol. The van der Waals surface area contributed by atoms with Gasteiger partial charge in [-0.3, -0.25) is 4.79 Å². The van der Waals surface area contributed by atoms with Crippen molar-refractivity contribution in [2.45, 2.75) is 27.7 Å². The van der Waals surface area contributed by atoms with Crippen molar-refractivity contribution < 1.29 is 23.5 Å². The molecule has 2 aromatic heterocycles. The van der Waals surface area contributed by atoms with Gasteiger partial charge in [-0.25, -0.2) is 9.59 Å². The average Bonchev–Trinajstić information content (AvgIpc) is 3.13. The maximum Gasteiger partial charge on any atom is 0.341 e. The molecule has 180 valence electrons. The molecule has 1 N–H and O–H groups in total. The van der Waals surface area contributed by atoms with Crippen LogP contribution in [0.5, 0.6) is 5.75 Å². The zero-order valence-corrected chi connectivity index (χ0v) is 20.9. The van der Waals surface area contributed by atoms with Crippen molar-refractivity contribution in [3.63, 3.8) is 0 Å². The largest absolute Gasteiger partial charge is 0.484 e. The van der Waals surface area contributed by atoms with Crippen molar-refractivity contribution in [2.24, 2.45) is 0 Å². The molecule has 0 unspecified atom stereocenters. The summed E-state index contributed by atoms with van der Waals surface area (Å²) in [5.74, 6) is -0.583. The van der Waals surface area contributed by atoms with Crippen LogP contribution >= 0.6 is 11.3 Å². The molecule has 0 aliphatic carbocycles. The van der Waals surface area contributed by atoms with Crippen LogP contribution in [0.3, 0.4) is 0 Å². The molecule has 0 spiro atoms. The zero-order chi connectivity index (χ0) is 25.3. The number of carbonyl (C=O) groups is 2. The lowest BCUT2D eigenvalue weighted by Crippen LogP contribution is -2.21. The van der Waals surface area contributed by atoms with E-state index in [4.69, 9.17) is 13.9 Å². The first-order valence-electron chi connectivity index (χ1n) is 10.9. The number of rotatable bonds is 6. The lowest BCUT2D eigenvalue weighted by atomic mass is 9.97. The molecule has 1 amide bonds. The lowest BCUT2D eigenvalue weighted by Gasteiger charge is -2.10. The van der Waals surface area contributed by atoms with Gasteiger partial charge in [0.05, 0.1) is 7.11 Å². The van der Waals surface area contributed by atoms with E-state index in [0.717, 1.165) is 38.1 Å². The van der Waals surface area contributed by atoms with E-state index >= 15 is 0 Å². The van der Waals surface area contributed by atoms with Crippen LogP contribution in [-0.4, -0.2) is 25.6 Å². The Morgan fingerprint density at radius 3 is 2.46 bits per heavy atom. The first kappa shape index (κ1) is 24.2. The Hall–Kier alpha value is -3.91. The van der Waals surface area contributed by atoms with Crippen molar-refractivity contribution in [1.82, 2.24) is 0 Å². The Morgan fingerprint density at radius 1 is 0.971 bits per heavy atom. The van der Waals surface area contributed by atoms with Gasteiger partial charge in [-0.05, 0) is 62.1 Å². The van der Waals surface area contributed by atoms with Crippen LogP contribution in [0.4, 0.5) is 5.00 Å². The third-order valence-corrected chi connectivity index (χ3v) is 6.84. The van der Waals surface area contributed by atoms with Gasteiger partial charge in [-0.1, -0.05) is 18.2 Å². The summed E-state index contributed by atoms with van der Waals surface area (Å²) in [6, 6.07) is 12.4. The van der Waals surface area contributed by atoms with Gasteiger partial charge in [-0.2, -0.15) is 0 Å². The van der Waals surface area contributed by atoms with Gasteiger partial charge < -0.3 is 19.2 Å². The fourth-order valence-electron chi connectivity index (χ4n) is 3.88. The third kappa shape index (κ3) is 4.97. The summed E-state index contributed by atoms with van der Waals surface area (Å²) < 4.78 is 15.9. The molecule has 0 fully saturated rings. The van der Waals surface area contributed by atoms with Crippen molar-refractivity contribution >= 4 is 39.2 Å². The molecule has 7 nitrogen and oxygen atoms in total. The van der Waals surface area contributed by atoms with Crippen molar-refractivity contribution in [2.75, 3.05) is 19.0 Å². The highest BCUT2D eigenvalue weighted by molar-refractivity contribution is 7.17. The van der Waals surface area contributed by atoms with Gasteiger partial charge in [0, 0.05) is 28.0 Å². The normalized spacial score (nSPS) is 10.9. The second-order valence-corrected chi connectivity index (χ2v) is 9.50. The number of aryl methyl sites for hydroxylation is 4. The van der Waals surface area contributed by atoms with Crippen LogP contribution in [0.2, 0.25) is 0 Å². The van der Waals surface area contributed by atoms with Crippen molar-refractivity contribution in [3.05, 3.63) is 80.0 Å². The number of amides is 1. The van der Waals surface area contributed by atoms with E-state index < -0.39 is 17.5 Å². The molecule has 2 aromatic carbocycles. The average molecular weight is 492 g/mol. The smallest absolute Gasteiger partial charge is 0.341 e. The number of methoxy groups -OCH3 is 1. The van der Waals surface area contributed by atoms with Gasteiger partial charge in [0.1, 0.15) is 21.9 Å². The van der Waals surface area contributed by atoms with E-state index in [0.29, 0.717) is 21.9 Å². The minimum atomic E-state index is -0.529. The maximum atomic E-state index is 12.7. The molecule has 0 saturated heterocycles. The first-order chi connectivity index (χ1) is 16.7. The number of anilines is 1. The molecule has 0 bridgehead atoms. The number of carbonyl (C=O) groups excluding carboxylic acids is 2. The Kier molecular flexibility index (Phi) is 6.75. The number of hydrogen-bond donors (Lipinski definition) is 1. The number of benzene rings is 2. The standard InChI is InChI=1S/C27H25NO6S/c1-14-6-7-18(10-15(14)2)24-17(4)35-26(25(24)27(31)32-5)28-22(29)13-33-19-8-9-20-16(3)11-23(30)34-21(20)12-19/h6-12H,13H2,1-5H3,(H,28,29). The molecule has 8 heteroatoms. The highest BCUT2D eigenvalue weighted by atomic mass is 32.1. The molecule has 0 aliphatic rings. The summed E-state index contributed by atoms with van der Waals surface area (Å²) >= 11 is 1.31. The summed E-state index contributed by atoms with van der Waals surface area (Å²) in [6.07, 6.45) is 0. The van der Waals surface area contributed by atoms with E-state index in [2.05, 4.69) is 5.32 Å². The number of thiophene rings is 1. The van der Waals surface area contributed by atoms with E-state index in [9.17, 15) is 14.4 Å². The summed E-state index contributed by atoms with van der Waals surface area (Å²) in [5.41, 5.74) is 4.91. The summed E-state index contributed by atoms with van der Waals surface area (Å²) in [5, 5.41) is 3.98. The number of ether oxygens (including phenoxy) is 2. The quantitative estimate of drug-likeness (QED) is 0.280. The molecule has 0 saturated carbocycles. The van der Waals surface area contributed by atoms with Gasteiger partial charge in [0.2, 0.25) is 0 Å². The Labute approximate surface area is 206 Å². The topological polar surface area (TPSA) is 94.8 Å². The van der Waals surface area contributed by atoms with E-state index in [-0.39, 0.29) is 6.61 Å². The molecule has 4 aromatic rings. The number of fused-ring (bicyclic) bond motifs is 1. The summed E-state index contributed by atoms with van der Waals surface area (Å²) in [4.78, 5) is 38.0. The molecule has 0 atom stereocenters. The van der Waals surface area contributed by atoms with Crippen LogP contribution in [0.15, 0.2) is 51.7 Å². The van der Waals surface area contributed by atoms with Gasteiger partial charge in [0.15, 0.2) is 6.61 Å². The predicted molar refractivity (Wildman–Crippen MR) is 137 cm³/mol. The third-order valence-electron chi connectivity index (χ3n) is 5.82. The molecule has 2 heterocycles. The van der Waals surface area contributed by atoms with Crippen molar-refractivity contribution in [3.8, 4) is 16.9 Å². The summed E-state index contributed by atoms with van der Waals surface area (Å²) in [7, 11) is 1.31. The molecule has 0 aliphatic heterocycles. The van der Waals surface area contributed by atoms with E-state index in [1.807, 2.05) is 45.9 Å². The van der Waals surface area contributed by atoms with Crippen LogP contribution < -0.4 is 15.7 Å². The number of nitrogens with one attached hydrogen (secondary N) is 1. The Balaban J connectivity index is 1.57. The van der Waals surface area contributed by atoms with Gasteiger partial charge in [-0.15, -0.1) is 11.3 Å². The molecule has 4 rings (SSSR count). The minimum Gasteiger partial charge on any atom is -0.484 e. The fourth-order valence-corrected chi connectivity index (χ4v) is 4.96. The molecular formula is C27H25NO6S.